The van der Waals surface area contributed by atoms with Crippen molar-refractivity contribution < 1.29 is 18.0 Å². The number of likely N-dealkylation sites (N-methyl/N-ethyl adjacent to an activating group) is 1. The van der Waals surface area contributed by atoms with Crippen LogP contribution in [0.25, 0.3) is 0 Å². The Labute approximate surface area is 189 Å². The van der Waals surface area contributed by atoms with Crippen molar-refractivity contribution in [2.75, 3.05) is 23.7 Å². The van der Waals surface area contributed by atoms with E-state index in [4.69, 9.17) is 11.6 Å². The second-order valence-electron chi connectivity index (χ2n) is 7.33. The van der Waals surface area contributed by atoms with Gasteiger partial charge >= 0.3 is 0 Å². The summed E-state index contributed by atoms with van der Waals surface area (Å²) in [6.07, 6.45) is 1.05. The molecule has 2 aromatic rings. The second-order valence-corrected chi connectivity index (χ2v) is 9.67. The van der Waals surface area contributed by atoms with Crippen molar-refractivity contribution in [2.45, 2.75) is 33.4 Å². The molecule has 1 atom stereocenters. The standard InChI is InChI=1S/C22H28ClN3O4S/c1-5-24-22(28)17(3)25(14-18-9-11-19(23)12-10-18)21(27)15-26(31(4,29)30)20-8-6-7-16(2)13-20/h6-13,17H,5,14-15H2,1-4H3,(H,24,28)/t17-/m0/s1. The minimum Gasteiger partial charge on any atom is -0.355 e. The molecular weight excluding hydrogens is 438 g/mol. The Morgan fingerprint density at radius 1 is 1.13 bits per heavy atom. The predicted molar refractivity (Wildman–Crippen MR) is 124 cm³/mol. The van der Waals surface area contributed by atoms with Crippen molar-refractivity contribution >= 4 is 39.1 Å². The van der Waals surface area contributed by atoms with E-state index in [-0.39, 0.29) is 12.5 Å². The van der Waals surface area contributed by atoms with Crippen LogP contribution in [-0.4, -0.2) is 50.5 Å². The lowest BCUT2D eigenvalue weighted by atomic mass is 10.1. The lowest BCUT2D eigenvalue weighted by Crippen LogP contribution is -2.51. The van der Waals surface area contributed by atoms with E-state index in [9.17, 15) is 18.0 Å². The molecule has 0 aromatic heterocycles. The third-order valence-electron chi connectivity index (χ3n) is 4.75. The number of sulfonamides is 1. The summed E-state index contributed by atoms with van der Waals surface area (Å²) in [5.74, 6) is -0.799. The number of carbonyl (C=O) groups is 2. The molecule has 0 spiro atoms. The fraction of sp³-hybridized carbons (Fsp3) is 0.364. The van der Waals surface area contributed by atoms with E-state index in [1.165, 1.54) is 4.90 Å². The van der Waals surface area contributed by atoms with E-state index in [0.717, 1.165) is 21.7 Å². The lowest BCUT2D eigenvalue weighted by molar-refractivity contribution is -0.139. The third kappa shape index (κ3) is 6.97. The first-order chi connectivity index (χ1) is 14.5. The molecule has 0 saturated heterocycles. The molecule has 168 valence electrons. The summed E-state index contributed by atoms with van der Waals surface area (Å²) in [5.41, 5.74) is 2.04. The number of hydrogen-bond acceptors (Lipinski definition) is 4. The van der Waals surface area contributed by atoms with E-state index in [1.54, 1.807) is 56.3 Å². The van der Waals surface area contributed by atoms with E-state index < -0.39 is 28.5 Å². The van der Waals surface area contributed by atoms with Crippen LogP contribution in [0.1, 0.15) is 25.0 Å². The molecule has 0 aliphatic heterocycles. The number of rotatable bonds is 9. The zero-order valence-corrected chi connectivity index (χ0v) is 19.7. The molecule has 0 unspecified atom stereocenters. The van der Waals surface area contributed by atoms with Gasteiger partial charge in [0.05, 0.1) is 11.9 Å². The number of halogens is 1. The summed E-state index contributed by atoms with van der Waals surface area (Å²) in [6, 6.07) is 13.1. The van der Waals surface area contributed by atoms with Gasteiger partial charge in [0.25, 0.3) is 0 Å². The zero-order valence-electron chi connectivity index (χ0n) is 18.1. The van der Waals surface area contributed by atoms with Crippen molar-refractivity contribution in [3.05, 3.63) is 64.7 Å². The Balaban J connectivity index is 2.37. The quantitative estimate of drug-likeness (QED) is 0.616. The van der Waals surface area contributed by atoms with Crippen LogP contribution in [-0.2, 0) is 26.2 Å². The van der Waals surface area contributed by atoms with E-state index >= 15 is 0 Å². The van der Waals surface area contributed by atoms with Crippen molar-refractivity contribution in [3.63, 3.8) is 0 Å². The van der Waals surface area contributed by atoms with Gasteiger partial charge in [-0.2, -0.15) is 0 Å². The number of anilines is 1. The average Bonchev–Trinajstić information content (AvgIpc) is 2.70. The molecule has 2 amide bonds. The summed E-state index contributed by atoms with van der Waals surface area (Å²) < 4.78 is 26.0. The number of carbonyl (C=O) groups excluding carboxylic acids is 2. The minimum absolute atomic E-state index is 0.139. The SMILES string of the molecule is CCNC(=O)[C@H](C)N(Cc1ccc(Cl)cc1)C(=O)CN(c1cccc(C)c1)S(C)(=O)=O. The van der Waals surface area contributed by atoms with Crippen molar-refractivity contribution in [3.8, 4) is 0 Å². The second kappa shape index (κ2) is 10.6. The van der Waals surface area contributed by atoms with Crippen LogP contribution >= 0.6 is 11.6 Å². The molecule has 2 aromatic carbocycles. The smallest absolute Gasteiger partial charge is 0.244 e. The van der Waals surface area contributed by atoms with Gasteiger partial charge in [-0.1, -0.05) is 35.9 Å². The first kappa shape index (κ1) is 24.7. The molecule has 0 aliphatic rings. The van der Waals surface area contributed by atoms with Gasteiger partial charge in [0.1, 0.15) is 12.6 Å². The Kier molecular flexibility index (Phi) is 8.47. The van der Waals surface area contributed by atoms with Crippen LogP contribution in [0.3, 0.4) is 0 Å². The van der Waals surface area contributed by atoms with Crippen molar-refractivity contribution in [1.29, 1.82) is 0 Å². The normalized spacial score (nSPS) is 12.2. The van der Waals surface area contributed by atoms with Crippen LogP contribution in [0.4, 0.5) is 5.69 Å². The lowest BCUT2D eigenvalue weighted by Gasteiger charge is -2.31. The van der Waals surface area contributed by atoms with Crippen LogP contribution < -0.4 is 9.62 Å². The molecule has 2 rings (SSSR count). The summed E-state index contributed by atoms with van der Waals surface area (Å²) in [7, 11) is -3.73. The first-order valence-corrected chi connectivity index (χ1v) is 12.1. The number of benzene rings is 2. The fourth-order valence-electron chi connectivity index (χ4n) is 3.09. The molecule has 9 heteroatoms. The van der Waals surface area contributed by atoms with Crippen molar-refractivity contribution in [2.24, 2.45) is 0 Å². The van der Waals surface area contributed by atoms with Crippen molar-refractivity contribution in [1.82, 2.24) is 10.2 Å². The van der Waals surface area contributed by atoms with Gasteiger partial charge in [-0.05, 0) is 56.2 Å². The molecule has 0 heterocycles. The highest BCUT2D eigenvalue weighted by atomic mass is 35.5. The predicted octanol–water partition coefficient (Wildman–Crippen LogP) is 2.97. The molecule has 0 fully saturated rings. The van der Waals surface area contributed by atoms with Crippen LogP contribution in [0, 0.1) is 6.92 Å². The van der Waals surface area contributed by atoms with Crippen LogP contribution in [0.2, 0.25) is 5.02 Å². The Morgan fingerprint density at radius 2 is 1.77 bits per heavy atom. The van der Waals surface area contributed by atoms with Gasteiger partial charge in [0, 0.05) is 18.1 Å². The van der Waals surface area contributed by atoms with Gasteiger partial charge in [0.15, 0.2) is 0 Å². The van der Waals surface area contributed by atoms with E-state index in [2.05, 4.69) is 5.32 Å². The zero-order chi connectivity index (χ0) is 23.2. The van der Waals surface area contributed by atoms with E-state index in [1.807, 2.05) is 13.0 Å². The molecule has 0 bridgehead atoms. The molecule has 7 nitrogen and oxygen atoms in total. The maximum atomic E-state index is 13.3. The summed E-state index contributed by atoms with van der Waals surface area (Å²) in [6.45, 7) is 5.40. The number of amides is 2. The largest absolute Gasteiger partial charge is 0.355 e. The highest BCUT2D eigenvalue weighted by Crippen LogP contribution is 2.20. The van der Waals surface area contributed by atoms with Gasteiger partial charge in [-0.3, -0.25) is 13.9 Å². The molecule has 0 radical (unpaired) electrons. The highest BCUT2D eigenvalue weighted by molar-refractivity contribution is 7.92. The molecule has 0 saturated carbocycles. The maximum Gasteiger partial charge on any atom is 0.244 e. The van der Waals surface area contributed by atoms with Gasteiger partial charge in [0.2, 0.25) is 21.8 Å². The third-order valence-corrected chi connectivity index (χ3v) is 6.15. The summed E-state index contributed by atoms with van der Waals surface area (Å²) >= 11 is 5.95. The van der Waals surface area contributed by atoms with Crippen LogP contribution in [0.15, 0.2) is 48.5 Å². The topological polar surface area (TPSA) is 86.8 Å². The number of aryl methyl sites for hydroxylation is 1. The minimum atomic E-state index is -3.73. The Morgan fingerprint density at radius 3 is 2.32 bits per heavy atom. The average molecular weight is 466 g/mol. The van der Waals surface area contributed by atoms with Gasteiger partial charge in [-0.25, -0.2) is 8.42 Å². The molecule has 1 N–H and O–H groups in total. The molecule has 0 aliphatic carbocycles. The Hall–Kier alpha value is -2.58. The number of hydrogen-bond donors (Lipinski definition) is 1. The summed E-state index contributed by atoms with van der Waals surface area (Å²) in [5, 5.41) is 3.27. The summed E-state index contributed by atoms with van der Waals surface area (Å²) in [4.78, 5) is 27.1. The number of nitrogens with one attached hydrogen (secondary N) is 1. The van der Waals surface area contributed by atoms with E-state index in [0.29, 0.717) is 17.3 Å². The fourth-order valence-corrected chi connectivity index (χ4v) is 4.06. The van der Waals surface area contributed by atoms with Gasteiger partial charge < -0.3 is 10.2 Å². The maximum absolute atomic E-state index is 13.3. The molecule has 31 heavy (non-hydrogen) atoms. The first-order valence-electron chi connectivity index (χ1n) is 9.89. The monoisotopic (exact) mass is 465 g/mol. The van der Waals surface area contributed by atoms with Crippen LogP contribution in [0.5, 0.6) is 0 Å². The highest BCUT2D eigenvalue weighted by Gasteiger charge is 2.29. The number of nitrogens with zero attached hydrogens (tertiary/aromatic N) is 2. The molecular formula is C22H28ClN3O4S. The Bertz CT molecular complexity index is 1030. The van der Waals surface area contributed by atoms with Gasteiger partial charge in [-0.15, -0.1) is 0 Å².